The fraction of sp³-hybridized carbons (Fsp3) is 0.360. The van der Waals surface area contributed by atoms with Crippen LogP contribution in [0.4, 0.5) is 40.8 Å². The van der Waals surface area contributed by atoms with E-state index < -0.39 is 29.9 Å². The summed E-state index contributed by atoms with van der Waals surface area (Å²) in [5.74, 6) is -2.34. The number of nitrogens with zero attached hydrogens (tertiary/aromatic N) is 3. The maximum atomic E-state index is 14.7. The Morgan fingerprint density at radius 1 is 1.08 bits per heavy atom. The first kappa shape index (κ1) is 25.8. The van der Waals surface area contributed by atoms with E-state index in [1.54, 1.807) is 5.32 Å². The molecule has 1 aliphatic heterocycles. The van der Waals surface area contributed by atoms with Crippen molar-refractivity contribution in [2.75, 3.05) is 30.3 Å². The highest BCUT2D eigenvalue weighted by Gasteiger charge is 2.45. The number of hydrogen-bond donors (Lipinski definition) is 5. The van der Waals surface area contributed by atoms with Crippen LogP contribution < -0.4 is 21.3 Å². The number of aliphatic hydroxyl groups excluding tert-OH is 1. The van der Waals surface area contributed by atoms with Crippen LogP contribution in [0.3, 0.4) is 0 Å². The molecule has 13 heteroatoms. The van der Waals surface area contributed by atoms with E-state index in [2.05, 4.69) is 30.9 Å². The van der Waals surface area contributed by atoms with Crippen molar-refractivity contribution in [1.82, 2.24) is 25.6 Å². The van der Waals surface area contributed by atoms with E-state index in [9.17, 15) is 27.5 Å². The third-order valence-electron chi connectivity index (χ3n) is 6.61. The molecule has 0 unspecified atom stereocenters. The van der Waals surface area contributed by atoms with Crippen LogP contribution in [0.1, 0.15) is 40.0 Å². The Labute approximate surface area is 215 Å². The molecule has 3 heterocycles. The zero-order chi connectivity index (χ0) is 26.9. The van der Waals surface area contributed by atoms with Crippen molar-refractivity contribution in [2.45, 2.75) is 37.4 Å². The fourth-order valence-corrected chi connectivity index (χ4v) is 4.25. The number of amides is 1. The summed E-state index contributed by atoms with van der Waals surface area (Å²) in [7, 11) is 0. The molecule has 1 aliphatic carbocycles. The molecule has 5 N–H and O–H groups in total. The lowest BCUT2D eigenvalue weighted by molar-refractivity contribution is -0.123. The monoisotopic (exact) mass is 531 g/mol. The normalized spacial score (nSPS) is 15.9. The minimum absolute atomic E-state index is 0.0363. The number of alkyl halides is 3. The van der Waals surface area contributed by atoms with Gasteiger partial charge in [0.15, 0.2) is 11.6 Å². The number of aliphatic hydroxyl groups is 1. The van der Waals surface area contributed by atoms with Gasteiger partial charge >= 0.3 is 6.18 Å². The van der Waals surface area contributed by atoms with Gasteiger partial charge in [0.1, 0.15) is 17.9 Å². The Morgan fingerprint density at radius 3 is 2.63 bits per heavy atom. The maximum Gasteiger partial charge on any atom is 0.405 e. The lowest BCUT2D eigenvalue weighted by Gasteiger charge is -2.18. The number of nitrogens with one attached hydrogen (secondary N) is 4. The highest BCUT2D eigenvalue weighted by molar-refractivity contribution is 5.99. The van der Waals surface area contributed by atoms with Gasteiger partial charge < -0.3 is 26.4 Å². The largest absolute Gasteiger partial charge is 0.405 e. The highest BCUT2D eigenvalue weighted by atomic mass is 19.4. The Kier molecular flexibility index (Phi) is 6.88. The van der Waals surface area contributed by atoms with E-state index in [4.69, 9.17) is 0 Å². The van der Waals surface area contributed by atoms with E-state index in [1.807, 2.05) is 18.2 Å². The molecule has 2 aromatic heterocycles. The molecule has 0 spiro atoms. The van der Waals surface area contributed by atoms with Gasteiger partial charge in [-0.1, -0.05) is 6.07 Å². The summed E-state index contributed by atoms with van der Waals surface area (Å²) >= 11 is 0. The Balaban J connectivity index is 1.46. The van der Waals surface area contributed by atoms with Crippen molar-refractivity contribution >= 4 is 29.2 Å². The predicted octanol–water partition coefficient (Wildman–Crippen LogP) is 3.46. The second kappa shape index (κ2) is 10.1. The molecule has 0 saturated heterocycles. The van der Waals surface area contributed by atoms with Crippen LogP contribution in [0.25, 0.3) is 0 Å². The summed E-state index contributed by atoms with van der Waals surface area (Å²) in [6.07, 6.45) is -1.30. The second-order valence-electron chi connectivity index (χ2n) is 9.38. The average molecular weight is 532 g/mol. The molecule has 200 valence electrons. The molecular formula is C25H25F4N7O2. The summed E-state index contributed by atoms with van der Waals surface area (Å²) in [5, 5.41) is 20.5. The summed E-state index contributed by atoms with van der Waals surface area (Å²) in [6.45, 7) is -0.127. The zero-order valence-corrected chi connectivity index (χ0v) is 20.1. The Morgan fingerprint density at radius 2 is 1.89 bits per heavy atom. The van der Waals surface area contributed by atoms with Crippen molar-refractivity contribution in [3.05, 3.63) is 64.7 Å². The van der Waals surface area contributed by atoms with Gasteiger partial charge in [0.2, 0.25) is 5.95 Å². The smallest absolute Gasteiger partial charge is 0.395 e. The number of hydrogen-bond acceptors (Lipinski definition) is 8. The number of halogens is 4. The Bertz CT molecular complexity index is 1360. The summed E-state index contributed by atoms with van der Waals surface area (Å²) < 4.78 is 52.8. The van der Waals surface area contributed by atoms with Crippen LogP contribution in [-0.2, 0) is 18.4 Å². The van der Waals surface area contributed by atoms with Crippen molar-refractivity contribution in [3.8, 4) is 0 Å². The number of benzene rings is 1. The van der Waals surface area contributed by atoms with Gasteiger partial charge in [-0.2, -0.15) is 18.2 Å². The molecule has 1 saturated carbocycles. The predicted molar refractivity (Wildman–Crippen MR) is 131 cm³/mol. The van der Waals surface area contributed by atoms with Crippen LogP contribution in [0.2, 0.25) is 0 Å². The summed E-state index contributed by atoms with van der Waals surface area (Å²) in [4.78, 5) is 25.2. The molecule has 1 aromatic carbocycles. The van der Waals surface area contributed by atoms with Crippen LogP contribution in [-0.4, -0.2) is 51.8 Å². The van der Waals surface area contributed by atoms with Gasteiger partial charge in [-0.15, -0.1) is 0 Å². The molecule has 1 amide bonds. The number of fused-ring (bicyclic) bond motifs is 1. The van der Waals surface area contributed by atoms with Crippen molar-refractivity contribution in [2.24, 2.45) is 0 Å². The molecule has 1 fully saturated rings. The number of carbonyl (C=O) groups is 1. The van der Waals surface area contributed by atoms with Crippen LogP contribution in [0.15, 0.2) is 36.5 Å². The van der Waals surface area contributed by atoms with Gasteiger partial charge in [-0.05, 0) is 61.2 Å². The van der Waals surface area contributed by atoms with E-state index in [0.717, 1.165) is 24.7 Å². The van der Waals surface area contributed by atoms with Crippen LogP contribution in [0.5, 0.6) is 0 Å². The van der Waals surface area contributed by atoms with Crippen molar-refractivity contribution in [1.29, 1.82) is 0 Å². The van der Waals surface area contributed by atoms with Crippen LogP contribution in [0, 0.1) is 5.82 Å². The van der Waals surface area contributed by atoms with Gasteiger partial charge in [0.05, 0.1) is 12.3 Å². The number of pyridine rings is 1. The quantitative estimate of drug-likeness (QED) is 0.280. The van der Waals surface area contributed by atoms with E-state index >= 15 is 0 Å². The SMILES string of the molecule is O=C(NCC(F)(F)F)c1cnc(Nc2ccc3c(c2)CNCC3)nc1Nc1nc(C2(CO)CC2)ccc1F. The molecule has 0 bridgehead atoms. The number of rotatable bonds is 8. The van der Waals surface area contributed by atoms with Gasteiger partial charge in [0, 0.05) is 23.8 Å². The van der Waals surface area contributed by atoms with Gasteiger partial charge in [-0.3, -0.25) is 4.79 Å². The van der Waals surface area contributed by atoms with Crippen LogP contribution >= 0.6 is 0 Å². The zero-order valence-electron chi connectivity index (χ0n) is 20.1. The maximum absolute atomic E-state index is 14.7. The molecular weight excluding hydrogens is 506 g/mol. The van der Waals surface area contributed by atoms with Crippen molar-refractivity contribution < 1.29 is 27.5 Å². The standard InChI is InChI=1S/C25H25F4N7O2/c26-18-3-4-19(24(13-37)6-7-24)34-21(18)35-20-17(22(38)32-12-25(27,28)29)11-31-23(36-20)33-16-2-1-14-5-8-30-10-15(14)9-16/h1-4,9,11,30,37H,5-8,10,12-13H2,(H,32,38)(H2,31,33,34,35,36). The molecule has 5 rings (SSSR count). The van der Waals surface area contributed by atoms with E-state index in [0.29, 0.717) is 30.8 Å². The first-order valence-corrected chi connectivity index (χ1v) is 12.0. The topological polar surface area (TPSA) is 124 Å². The van der Waals surface area contributed by atoms with E-state index in [1.165, 1.54) is 17.7 Å². The number of anilines is 4. The first-order valence-electron chi connectivity index (χ1n) is 12.0. The lowest BCUT2D eigenvalue weighted by Crippen LogP contribution is -2.34. The molecule has 3 aromatic rings. The van der Waals surface area contributed by atoms with E-state index in [-0.39, 0.29) is 29.8 Å². The highest BCUT2D eigenvalue weighted by Crippen LogP contribution is 2.47. The fourth-order valence-electron chi connectivity index (χ4n) is 4.25. The number of carbonyl (C=O) groups excluding carboxylic acids is 1. The summed E-state index contributed by atoms with van der Waals surface area (Å²) in [6, 6.07) is 8.40. The van der Waals surface area contributed by atoms with Crippen molar-refractivity contribution in [3.63, 3.8) is 0 Å². The first-order chi connectivity index (χ1) is 18.2. The third kappa shape index (κ3) is 5.68. The average Bonchev–Trinajstić information content (AvgIpc) is 3.70. The Hall–Kier alpha value is -3.84. The third-order valence-corrected chi connectivity index (χ3v) is 6.61. The minimum atomic E-state index is -4.63. The lowest BCUT2D eigenvalue weighted by atomic mass is 10.0. The minimum Gasteiger partial charge on any atom is -0.395 e. The van der Waals surface area contributed by atoms with Gasteiger partial charge in [-0.25, -0.2) is 14.4 Å². The molecule has 0 atom stereocenters. The molecule has 38 heavy (non-hydrogen) atoms. The summed E-state index contributed by atoms with van der Waals surface area (Å²) in [5.41, 5.74) is 2.55. The number of aromatic nitrogens is 3. The molecule has 9 nitrogen and oxygen atoms in total. The van der Waals surface area contributed by atoms with Gasteiger partial charge in [0.25, 0.3) is 5.91 Å². The molecule has 2 aliphatic rings. The second-order valence-corrected chi connectivity index (χ2v) is 9.38. The molecule has 0 radical (unpaired) electrons.